The van der Waals surface area contributed by atoms with Crippen molar-refractivity contribution in [2.75, 3.05) is 0 Å². The second-order valence-electron chi connectivity index (χ2n) is 32.1. The number of hydrogen-bond acceptors (Lipinski definition) is 6. The first-order valence-electron chi connectivity index (χ1n) is 41.2. The van der Waals surface area contributed by atoms with Gasteiger partial charge in [0.1, 0.15) is 16.1 Å². The van der Waals surface area contributed by atoms with Gasteiger partial charge in [0.05, 0.1) is 30.3 Å². The lowest BCUT2D eigenvalue weighted by molar-refractivity contribution is 0.383. The van der Waals surface area contributed by atoms with Crippen LogP contribution >= 0.6 is 68.0 Å². The molecule has 0 aliphatic heterocycles. The Kier molecular flexibility index (Phi) is 39.6. The molecule has 0 radical (unpaired) electrons. The van der Waals surface area contributed by atoms with Gasteiger partial charge in [0.25, 0.3) is 0 Å². The zero-order chi connectivity index (χ0) is 69.3. The lowest BCUT2D eigenvalue weighted by Crippen LogP contribution is -2.54. The van der Waals surface area contributed by atoms with Gasteiger partial charge in [0.2, 0.25) is 0 Å². The zero-order valence-electron chi connectivity index (χ0n) is 65.1. The van der Waals surface area contributed by atoms with E-state index in [9.17, 15) is 0 Å². The standard InChI is InChI=1S/C88H144S6Si2/c1-17-21-25-29-33-37-41-45-49-57-73(55-47-43-39-35-31-27-23-19-3)59-51-53-61-75-85(91-81-65-83(93-87(75)81)95(67(5)6,68(7)8)69(9)10)79-63-77-78(89-79)64-80(90-77)86-76(88-82(92-86)66-84(94-88)96(70(11)12,71(13)14)72(15)16)62-54-52-60-74(56-48-44-40-36-32-28-24-20-4)58-50-46-42-38-34-30-26-22-18-2/h63-74H,17-52,55-60H2,1-16H3. The Morgan fingerprint density at radius 2 is 0.531 bits per heavy atom. The van der Waals surface area contributed by atoms with Gasteiger partial charge in [-0.25, -0.2) is 0 Å². The van der Waals surface area contributed by atoms with Crippen LogP contribution < -0.4 is 9.00 Å². The molecular weight excluding hydrogens is 1310 g/mol. The summed E-state index contributed by atoms with van der Waals surface area (Å²) in [5.74, 6) is 17.6. The van der Waals surface area contributed by atoms with Crippen LogP contribution in [0.4, 0.5) is 0 Å². The van der Waals surface area contributed by atoms with Gasteiger partial charge in [-0.3, -0.25) is 0 Å². The maximum atomic E-state index is 4.04. The molecule has 6 aromatic rings. The van der Waals surface area contributed by atoms with Crippen molar-refractivity contribution in [1.29, 1.82) is 0 Å². The van der Waals surface area contributed by atoms with E-state index in [4.69, 9.17) is 0 Å². The third kappa shape index (κ3) is 24.3. The van der Waals surface area contributed by atoms with Crippen molar-refractivity contribution < 1.29 is 0 Å². The molecule has 0 N–H and O–H groups in total. The average Bonchev–Trinajstić information content (AvgIpc) is 1.01. The molecule has 0 saturated heterocycles. The summed E-state index contributed by atoms with van der Waals surface area (Å²) in [5, 5.41) is 0. The quantitative estimate of drug-likeness (QED) is 0.0203. The van der Waals surface area contributed by atoms with Gasteiger partial charge in [-0.2, -0.15) is 0 Å². The van der Waals surface area contributed by atoms with Crippen LogP contribution in [0.15, 0.2) is 24.3 Å². The highest BCUT2D eigenvalue weighted by Gasteiger charge is 2.47. The molecule has 96 heavy (non-hydrogen) atoms. The zero-order valence-corrected chi connectivity index (χ0v) is 72.0. The van der Waals surface area contributed by atoms with Gasteiger partial charge in [0, 0.05) is 41.4 Å². The van der Waals surface area contributed by atoms with Crippen LogP contribution in [0, 0.1) is 35.5 Å². The molecule has 0 aliphatic rings. The maximum Gasteiger partial charge on any atom is 0.107 e. The van der Waals surface area contributed by atoms with E-state index in [1.54, 1.807) is 9.00 Å². The molecule has 0 bridgehead atoms. The first-order valence-corrected chi connectivity index (χ1v) is 50.5. The highest BCUT2D eigenvalue weighted by atomic mass is 32.1. The Bertz CT molecular complexity index is 2890. The normalized spacial score (nSPS) is 13.2. The Morgan fingerprint density at radius 1 is 0.281 bits per heavy atom. The summed E-state index contributed by atoms with van der Waals surface area (Å²) in [7, 11) is -3.68. The fourth-order valence-corrected chi connectivity index (χ4v) is 43.8. The number of fused-ring (bicyclic) bond motifs is 3. The minimum atomic E-state index is -1.84. The van der Waals surface area contributed by atoms with Gasteiger partial charge < -0.3 is 0 Å². The first-order chi connectivity index (χ1) is 46.5. The van der Waals surface area contributed by atoms with Crippen molar-refractivity contribution in [3.8, 4) is 43.2 Å². The molecule has 0 amide bonds. The molecule has 0 aromatic carbocycles. The van der Waals surface area contributed by atoms with Crippen LogP contribution in [0.2, 0.25) is 33.2 Å². The fraction of sp³-hybridized carbons (Fsp3) is 0.750. The predicted octanol–water partition coefficient (Wildman–Crippen LogP) is 33.0. The highest BCUT2D eigenvalue weighted by molar-refractivity contribution is 7.40. The van der Waals surface area contributed by atoms with Crippen LogP contribution in [0.1, 0.15) is 392 Å². The van der Waals surface area contributed by atoms with Crippen molar-refractivity contribution in [2.45, 2.75) is 414 Å². The van der Waals surface area contributed by atoms with E-state index in [2.05, 4.69) is 204 Å². The topological polar surface area (TPSA) is 0 Å². The number of hydrogen-bond donors (Lipinski definition) is 0. The molecule has 0 aliphatic carbocycles. The second-order valence-corrected chi connectivity index (χ2v) is 51.0. The van der Waals surface area contributed by atoms with Crippen molar-refractivity contribution in [1.82, 2.24) is 0 Å². The molecule has 0 nitrogen and oxygen atoms in total. The minimum Gasteiger partial charge on any atom is -0.143 e. The van der Waals surface area contributed by atoms with Gasteiger partial charge in [-0.1, -0.05) is 378 Å². The predicted molar refractivity (Wildman–Crippen MR) is 456 cm³/mol. The van der Waals surface area contributed by atoms with Gasteiger partial charge in [0.15, 0.2) is 0 Å². The molecule has 2 atom stereocenters. The van der Waals surface area contributed by atoms with E-state index in [0.29, 0.717) is 33.2 Å². The molecule has 8 heteroatoms. The molecule has 0 saturated carbocycles. The van der Waals surface area contributed by atoms with Crippen LogP contribution in [0.5, 0.6) is 0 Å². The Balaban J connectivity index is 1.31. The molecule has 6 aromatic heterocycles. The van der Waals surface area contributed by atoms with Crippen LogP contribution in [-0.4, -0.2) is 16.1 Å². The van der Waals surface area contributed by atoms with Crippen molar-refractivity contribution in [3.05, 3.63) is 35.4 Å². The summed E-state index contributed by atoms with van der Waals surface area (Å²) in [6, 6.07) is 10.5. The van der Waals surface area contributed by atoms with Crippen molar-refractivity contribution in [2.24, 2.45) is 11.8 Å². The molecule has 0 fully saturated rings. The molecule has 0 spiro atoms. The highest BCUT2D eigenvalue weighted by Crippen LogP contribution is 2.53. The third-order valence-corrected chi connectivity index (χ3v) is 46.4. The fourth-order valence-electron chi connectivity index (χ4n) is 17.9. The molecular formula is C88H144S6Si2. The van der Waals surface area contributed by atoms with E-state index < -0.39 is 16.1 Å². The van der Waals surface area contributed by atoms with Crippen LogP contribution in [-0.2, 0) is 0 Å². The van der Waals surface area contributed by atoms with E-state index in [0.717, 1.165) is 24.7 Å². The summed E-state index contributed by atoms with van der Waals surface area (Å²) >= 11 is 12.5. The van der Waals surface area contributed by atoms with Crippen molar-refractivity contribution in [3.63, 3.8) is 0 Å². The summed E-state index contributed by atoms with van der Waals surface area (Å²) in [4.78, 5) is 5.67. The van der Waals surface area contributed by atoms with Crippen LogP contribution in [0.25, 0.3) is 47.7 Å². The average molecular weight is 1450 g/mol. The Labute approximate surface area is 620 Å². The smallest absolute Gasteiger partial charge is 0.107 e. The summed E-state index contributed by atoms with van der Waals surface area (Å²) < 4.78 is 12.2. The number of rotatable bonds is 52. The molecule has 6 heterocycles. The van der Waals surface area contributed by atoms with Gasteiger partial charge >= 0.3 is 0 Å². The van der Waals surface area contributed by atoms with Crippen LogP contribution in [0.3, 0.4) is 0 Å². The summed E-state index contributed by atoms with van der Waals surface area (Å²) in [6.45, 7) is 39.8. The van der Waals surface area contributed by atoms with Gasteiger partial charge in [-0.05, 0) is 91.2 Å². The largest absolute Gasteiger partial charge is 0.143 e. The Morgan fingerprint density at radius 3 is 0.781 bits per heavy atom. The number of thiophene rings is 6. The van der Waals surface area contributed by atoms with E-state index in [1.165, 1.54) is 316 Å². The third-order valence-electron chi connectivity index (χ3n) is 23.1. The minimum absolute atomic E-state index is 0.686. The maximum absolute atomic E-state index is 4.04. The lowest BCUT2D eigenvalue weighted by Gasteiger charge is -2.42. The SMILES string of the molecule is CCCCCCCCCCCC(CCC#Cc1c(-c2cc3sc(-c4sc5cc([Si](C(C)C)(C(C)C)C(C)C)sc5c4C#CCCC(CCCCCCCCCC)CCCCCCCCCCC)cc3s2)sc2cc([Si](C(C)C)(C(C)C)C(C)C)sc12)CCCCCCCCCC. The van der Waals surface area contributed by atoms with Crippen molar-refractivity contribution >= 4 is 121 Å². The molecule has 6 rings (SSSR count). The summed E-state index contributed by atoms with van der Waals surface area (Å²) in [5.41, 5.74) is 6.78. The molecule has 540 valence electrons. The molecule has 2 unspecified atom stereocenters. The van der Waals surface area contributed by atoms with E-state index in [1.807, 2.05) is 22.7 Å². The number of unbranched alkanes of at least 4 members (excludes halogenated alkanes) is 30. The summed E-state index contributed by atoms with van der Waals surface area (Å²) in [6.07, 6.45) is 58.0. The lowest BCUT2D eigenvalue weighted by atomic mass is 9.90. The second kappa shape index (κ2) is 45.6. The van der Waals surface area contributed by atoms with Gasteiger partial charge in [-0.15, -0.1) is 68.0 Å². The van der Waals surface area contributed by atoms with E-state index in [-0.39, 0.29) is 0 Å². The van der Waals surface area contributed by atoms with E-state index >= 15 is 0 Å². The first kappa shape index (κ1) is 83.5. The monoisotopic (exact) mass is 1450 g/mol. The Hall–Kier alpha value is -1.47.